The second-order valence-corrected chi connectivity index (χ2v) is 4.48. The van der Waals surface area contributed by atoms with Crippen molar-refractivity contribution < 1.29 is 61.5 Å². The van der Waals surface area contributed by atoms with E-state index in [1.165, 1.54) is 0 Å². The Balaban J connectivity index is 0.000000509. The van der Waals surface area contributed by atoms with Crippen LogP contribution >= 0.6 is 0 Å². The van der Waals surface area contributed by atoms with Crippen molar-refractivity contribution in [1.82, 2.24) is 5.06 Å². The number of nitrogens with zero attached hydrogens (tertiary/aromatic N) is 2. The first-order chi connectivity index (χ1) is 10.4. The molecule has 0 radical (unpaired) electrons. The van der Waals surface area contributed by atoms with E-state index in [0.29, 0.717) is 11.5 Å². The van der Waals surface area contributed by atoms with Crippen LogP contribution in [0.3, 0.4) is 0 Å². The Morgan fingerprint density at radius 1 is 1.09 bits per heavy atom. The minimum Gasteiger partial charge on any atom is -0.589 e. The minimum atomic E-state index is -0.535. The fourth-order valence-electron chi connectivity index (χ4n) is 1.58. The molecule has 0 N–H and O–H groups in total. The summed E-state index contributed by atoms with van der Waals surface area (Å²) >= 11 is 0. The Hall–Kier alpha value is -1.41. The zero-order valence-corrected chi connectivity index (χ0v) is 15.4. The van der Waals surface area contributed by atoms with E-state index in [2.05, 4.69) is 17.1 Å². The van der Waals surface area contributed by atoms with Crippen LogP contribution in [0.25, 0.3) is 5.32 Å². The molecule has 0 spiro atoms. The molecule has 0 aromatic rings. The van der Waals surface area contributed by atoms with Crippen LogP contribution in [0.1, 0.15) is 38.5 Å². The van der Waals surface area contributed by atoms with E-state index in [4.69, 9.17) is 0 Å². The predicted molar refractivity (Wildman–Crippen MR) is 73.5 cm³/mol. The van der Waals surface area contributed by atoms with Gasteiger partial charge in [-0.15, -0.1) is 5.06 Å². The van der Waals surface area contributed by atoms with E-state index < -0.39 is 29.6 Å². The quantitative estimate of drug-likeness (QED) is 0.388. The molecule has 0 bridgehead atoms. The summed E-state index contributed by atoms with van der Waals surface area (Å²) in [5.74, 6) is -2.32. The molecule has 8 nitrogen and oxygen atoms in total. The number of hydrogen-bond acceptors (Lipinski definition) is 6. The Morgan fingerprint density at radius 2 is 1.61 bits per heavy atom. The molecule has 2 rings (SSSR count). The fourth-order valence-corrected chi connectivity index (χ4v) is 1.58. The first-order valence-corrected chi connectivity index (χ1v) is 6.77. The molecule has 0 saturated carbocycles. The van der Waals surface area contributed by atoms with Crippen molar-refractivity contribution in [3.8, 4) is 0 Å². The maximum Gasteiger partial charge on any atom is 3.00 e. The van der Waals surface area contributed by atoms with Gasteiger partial charge in [0.05, 0.1) is 11.8 Å². The van der Waals surface area contributed by atoms with Gasteiger partial charge in [0.15, 0.2) is 0 Å². The maximum atomic E-state index is 11.2. The van der Waals surface area contributed by atoms with Crippen LogP contribution in [-0.4, -0.2) is 34.7 Å². The zero-order valence-electron chi connectivity index (χ0n) is 12.5. The van der Waals surface area contributed by atoms with Crippen LogP contribution in [0.5, 0.6) is 0 Å². The van der Waals surface area contributed by atoms with E-state index in [1.54, 1.807) is 0 Å². The summed E-state index contributed by atoms with van der Waals surface area (Å²) in [6.45, 7) is 3.64. The van der Waals surface area contributed by atoms with Gasteiger partial charge in [0.25, 0.3) is 11.8 Å². The number of carbonyl (C=O) groups is 5. The molecule has 2 aliphatic rings. The van der Waals surface area contributed by atoms with E-state index in [-0.39, 0.29) is 52.0 Å². The summed E-state index contributed by atoms with van der Waals surface area (Å²) in [6.07, 6.45) is 5.01. The number of unbranched alkanes of at least 4 members (excludes halogenated alkanes) is 2. The molecule has 120 valence electrons. The van der Waals surface area contributed by atoms with Crippen LogP contribution in [0.4, 0.5) is 0 Å². The van der Waals surface area contributed by atoms with Gasteiger partial charge in [-0.3, -0.25) is 9.59 Å². The van der Waals surface area contributed by atoms with Crippen molar-refractivity contribution in [2.24, 2.45) is 0 Å². The summed E-state index contributed by atoms with van der Waals surface area (Å²) in [6, 6.07) is 0. The third-order valence-electron chi connectivity index (χ3n) is 2.67. The van der Waals surface area contributed by atoms with Gasteiger partial charge in [-0.1, -0.05) is 6.42 Å². The summed E-state index contributed by atoms with van der Waals surface area (Å²) < 4.78 is 0. The maximum absolute atomic E-state index is 11.2. The van der Waals surface area contributed by atoms with Crippen molar-refractivity contribution in [3.63, 3.8) is 0 Å². The number of carbonyl (C=O) groups excluding carboxylic acids is 5. The monoisotopic (exact) mass is 397 g/mol. The molecule has 1 fully saturated rings. The van der Waals surface area contributed by atoms with Crippen LogP contribution in [0.2, 0.25) is 0 Å². The van der Waals surface area contributed by atoms with Crippen molar-refractivity contribution in [1.29, 1.82) is 0 Å². The van der Waals surface area contributed by atoms with Crippen LogP contribution in [0.15, 0.2) is 12.2 Å². The van der Waals surface area contributed by atoms with E-state index in [1.807, 2.05) is 0 Å². The molecule has 23 heavy (non-hydrogen) atoms. The molecule has 0 atom stereocenters. The van der Waals surface area contributed by atoms with Crippen molar-refractivity contribution in [3.05, 3.63) is 24.4 Å². The second-order valence-electron chi connectivity index (χ2n) is 4.48. The second kappa shape index (κ2) is 11.2. The Kier molecular flexibility index (Phi) is 10.5. The number of hydroxylamine groups is 2. The molecule has 2 aliphatic heterocycles. The van der Waals surface area contributed by atoms with Crippen LogP contribution < -0.4 is 0 Å². The van der Waals surface area contributed by atoms with Crippen LogP contribution in [0, 0.1) is 6.92 Å². The predicted octanol–water partition coefficient (Wildman–Crippen LogP) is 0.969. The number of rotatable bonds is 5. The first-order valence-electron chi connectivity index (χ1n) is 6.77. The summed E-state index contributed by atoms with van der Waals surface area (Å²) in [5, 5.41) is 3.58. The standard InChI is InChI=1S/C10H14NO4.C4H3NO2.Y/c1-2-3-4-5-10(14)15-11-8(12)6-7-9(11)13;6-3-1-2-4(7)5-3;/h1-7H2;1-2H,(H,5,6,7);/q-1;;+3/p-1. The van der Waals surface area contributed by atoms with Crippen molar-refractivity contribution in [2.75, 3.05) is 0 Å². The van der Waals surface area contributed by atoms with Crippen molar-refractivity contribution >= 4 is 29.6 Å². The van der Waals surface area contributed by atoms with E-state index in [9.17, 15) is 24.0 Å². The molecule has 0 aliphatic carbocycles. The van der Waals surface area contributed by atoms with E-state index in [0.717, 1.165) is 25.0 Å². The number of hydrogen-bond donors (Lipinski definition) is 0. The van der Waals surface area contributed by atoms with E-state index >= 15 is 0 Å². The number of imide groups is 2. The van der Waals surface area contributed by atoms with Crippen LogP contribution in [-0.2, 0) is 61.5 Å². The average Bonchev–Trinajstić information content (AvgIpc) is 2.99. The molecule has 0 unspecified atom stereocenters. The summed E-state index contributed by atoms with van der Waals surface area (Å²) in [7, 11) is 0. The SMILES string of the molecule is O=C1C=CC(=O)[N-]1.[CH2-]CCCCC(=O)ON1C(=O)CCC1=O.[Y+3]. The summed E-state index contributed by atoms with van der Waals surface area (Å²) in [5.41, 5.74) is 0. The Bertz CT molecular complexity index is 485. The first kappa shape index (κ1) is 21.6. The molecule has 0 aromatic heterocycles. The zero-order chi connectivity index (χ0) is 16.5. The Labute approximate surface area is 158 Å². The Morgan fingerprint density at radius 3 is 2.00 bits per heavy atom. The molecule has 1 saturated heterocycles. The van der Waals surface area contributed by atoms with Gasteiger partial charge in [0.2, 0.25) is 0 Å². The topological polar surface area (TPSA) is 112 Å². The van der Waals surface area contributed by atoms with Gasteiger partial charge in [-0.2, -0.15) is 6.42 Å². The van der Waals surface area contributed by atoms with Gasteiger partial charge in [-0.05, 0) is 18.6 Å². The molecule has 2 heterocycles. The fraction of sp³-hybridized carbons (Fsp3) is 0.429. The molecule has 9 heteroatoms. The van der Waals surface area contributed by atoms with Gasteiger partial charge >= 0.3 is 38.7 Å². The van der Waals surface area contributed by atoms with Gasteiger partial charge in [0.1, 0.15) is 0 Å². The molecule has 4 amide bonds. The normalized spacial score (nSPS) is 15.8. The smallest absolute Gasteiger partial charge is 0.589 e. The molecular weight excluding hydrogens is 381 g/mol. The minimum absolute atomic E-state index is 0. The largest absolute Gasteiger partial charge is 3.00 e. The average molecular weight is 397 g/mol. The third kappa shape index (κ3) is 8.13. The van der Waals surface area contributed by atoms with Crippen molar-refractivity contribution in [2.45, 2.75) is 38.5 Å². The van der Waals surface area contributed by atoms with Gasteiger partial charge in [0, 0.05) is 19.3 Å². The summed E-state index contributed by atoms with van der Waals surface area (Å²) in [4.78, 5) is 57.9. The third-order valence-corrected chi connectivity index (χ3v) is 2.67. The number of amides is 4. The molecule has 0 aromatic carbocycles. The van der Waals surface area contributed by atoms with Gasteiger partial charge in [-0.25, -0.2) is 4.79 Å². The molecular formula is C14H16N2O6Y+. The van der Waals surface area contributed by atoms with Gasteiger partial charge < -0.3 is 26.7 Å².